The fourth-order valence-electron chi connectivity index (χ4n) is 1.21. The summed E-state index contributed by atoms with van der Waals surface area (Å²) in [6.07, 6.45) is -7.24. The summed E-state index contributed by atoms with van der Waals surface area (Å²) in [7, 11) is 0. The fourth-order valence-corrected chi connectivity index (χ4v) is 1.21. The minimum absolute atomic E-state index is 0.601. The zero-order valence-electron chi connectivity index (χ0n) is 10.4. The topological polar surface area (TPSA) is 194 Å². The molecule has 0 fully saturated rings. The smallest absolute Gasteiger partial charge is 0.328 e. The standard InChI is InChI=1S/C10H18N2O8/c11-7(16)1-4(10(19)20)12-2-5(14)8(17)9(18)6(15)3-13/h2,4-6,8-9,13-15,17-18H,1,3H2,(H2,11,16)(H,19,20)/b12-2+. The maximum absolute atomic E-state index is 10.7. The van der Waals surface area contributed by atoms with Crippen LogP contribution in [0.3, 0.4) is 0 Å². The first-order valence-electron chi connectivity index (χ1n) is 5.58. The third kappa shape index (κ3) is 6.04. The van der Waals surface area contributed by atoms with E-state index in [1.54, 1.807) is 0 Å². The van der Waals surface area contributed by atoms with E-state index >= 15 is 0 Å². The second kappa shape index (κ2) is 8.55. The molecule has 1 amide bonds. The zero-order valence-corrected chi connectivity index (χ0v) is 10.4. The number of aliphatic hydroxyl groups excluding tert-OH is 5. The van der Waals surface area contributed by atoms with Crippen molar-refractivity contribution in [1.82, 2.24) is 0 Å². The molecular formula is C10H18N2O8. The molecule has 0 aromatic heterocycles. The summed E-state index contributed by atoms with van der Waals surface area (Å²) in [4.78, 5) is 24.7. The van der Waals surface area contributed by atoms with Gasteiger partial charge in [0, 0.05) is 6.21 Å². The minimum Gasteiger partial charge on any atom is -0.480 e. The summed E-state index contributed by atoms with van der Waals surface area (Å²) >= 11 is 0. The van der Waals surface area contributed by atoms with Crippen molar-refractivity contribution < 1.29 is 40.2 Å². The minimum atomic E-state index is -1.90. The quantitative estimate of drug-likeness (QED) is 0.208. The van der Waals surface area contributed by atoms with Crippen molar-refractivity contribution >= 4 is 18.1 Å². The largest absolute Gasteiger partial charge is 0.480 e. The maximum Gasteiger partial charge on any atom is 0.328 e. The molecule has 116 valence electrons. The number of nitrogens with two attached hydrogens (primary N) is 1. The zero-order chi connectivity index (χ0) is 15.9. The van der Waals surface area contributed by atoms with Gasteiger partial charge in [-0.1, -0.05) is 0 Å². The van der Waals surface area contributed by atoms with Gasteiger partial charge in [0.25, 0.3) is 0 Å². The van der Waals surface area contributed by atoms with Crippen LogP contribution in [-0.4, -0.2) is 85.8 Å². The van der Waals surface area contributed by atoms with Gasteiger partial charge in [0.2, 0.25) is 5.91 Å². The summed E-state index contributed by atoms with van der Waals surface area (Å²) in [5.74, 6) is -2.38. The number of carboxylic acids is 1. The van der Waals surface area contributed by atoms with Crippen molar-refractivity contribution in [1.29, 1.82) is 0 Å². The predicted octanol–water partition coefficient (Wildman–Crippen LogP) is -4.18. The highest BCUT2D eigenvalue weighted by Gasteiger charge is 2.29. The number of aliphatic imine (C=N–C) groups is 1. The Bertz CT molecular complexity index is 361. The molecule has 8 N–H and O–H groups in total. The van der Waals surface area contributed by atoms with Crippen LogP contribution in [0.15, 0.2) is 4.99 Å². The van der Waals surface area contributed by atoms with Crippen LogP contribution in [0.2, 0.25) is 0 Å². The van der Waals surface area contributed by atoms with E-state index in [9.17, 15) is 24.9 Å². The lowest BCUT2D eigenvalue weighted by atomic mass is 10.0. The number of nitrogens with zero attached hydrogens (tertiary/aromatic N) is 1. The fraction of sp³-hybridized carbons (Fsp3) is 0.700. The Morgan fingerprint density at radius 1 is 1.15 bits per heavy atom. The van der Waals surface area contributed by atoms with Crippen LogP contribution in [0.1, 0.15) is 6.42 Å². The molecular weight excluding hydrogens is 276 g/mol. The number of carboxylic acid groups (broad SMARTS) is 1. The van der Waals surface area contributed by atoms with Gasteiger partial charge in [0.15, 0.2) is 6.04 Å². The second-order valence-electron chi connectivity index (χ2n) is 4.04. The van der Waals surface area contributed by atoms with Gasteiger partial charge in [0.1, 0.15) is 24.4 Å². The predicted molar refractivity (Wildman–Crippen MR) is 64.8 cm³/mol. The highest BCUT2D eigenvalue weighted by atomic mass is 16.4. The van der Waals surface area contributed by atoms with Gasteiger partial charge < -0.3 is 36.4 Å². The molecule has 0 spiro atoms. The Labute approximate surface area is 113 Å². The number of hydrogen-bond donors (Lipinski definition) is 7. The van der Waals surface area contributed by atoms with Crippen LogP contribution in [0.25, 0.3) is 0 Å². The maximum atomic E-state index is 10.7. The van der Waals surface area contributed by atoms with E-state index in [4.69, 9.17) is 21.1 Å². The first kappa shape index (κ1) is 18.4. The first-order chi connectivity index (χ1) is 9.20. The number of carbonyl (C=O) groups excluding carboxylic acids is 1. The van der Waals surface area contributed by atoms with Crippen molar-refractivity contribution in [3.63, 3.8) is 0 Å². The molecule has 0 saturated carbocycles. The molecule has 0 aromatic carbocycles. The molecule has 5 atom stereocenters. The Balaban J connectivity index is 4.69. The normalized spacial score (nSPS) is 19.2. The number of carbonyl (C=O) groups is 2. The summed E-state index contributed by atoms with van der Waals surface area (Å²) in [5.41, 5.74) is 4.81. The molecule has 0 aliphatic carbocycles. The van der Waals surface area contributed by atoms with E-state index in [-0.39, 0.29) is 0 Å². The van der Waals surface area contributed by atoms with Gasteiger partial charge in [-0.15, -0.1) is 0 Å². The number of aliphatic hydroxyl groups is 5. The monoisotopic (exact) mass is 294 g/mol. The Morgan fingerprint density at radius 2 is 1.70 bits per heavy atom. The SMILES string of the molecule is NC(=O)CC(/N=C/C(O)C(O)C(O)C(O)CO)C(=O)O. The summed E-state index contributed by atoms with van der Waals surface area (Å²) in [6.45, 7) is -0.846. The average Bonchev–Trinajstić information content (AvgIpc) is 2.39. The Morgan fingerprint density at radius 3 is 2.10 bits per heavy atom. The van der Waals surface area contributed by atoms with E-state index in [1.807, 2.05) is 0 Å². The molecule has 0 aromatic rings. The number of primary amides is 1. The molecule has 0 bridgehead atoms. The number of rotatable bonds is 9. The number of aliphatic carboxylic acids is 1. The van der Waals surface area contributed by atoms with E-state index in [2.05, 4.69) is 4.99 Å². The van der Waals surface area contributed by atoms with Crippen molar-refractivity contribution in [3.8, 4) is 0 Å². The molecule has 10 heteroatoms. The first-order valence-corrected chi connectivity index (χ1v) is 5.58. The van der Waals surface area contributed by atoms with Gasteiger partial charge >= 0.3 is 5.97 Å². The van der Waals surface area contributed by atoms with Gasteiger partial charge in [-0.05, 0) is 0 Å². The third-order valence-electron chi connectivity index (χ3n) is 2.38. The molecule has 0 aliphatic rings. The van der Waals surface area contributed by atoms with Crippen LogP contribution in [0.4, 0.5) is 0 Å². The van der Waals surface area contributed by atoms with Gasteiger partial charge in [-0.3, -0.25) is 9.79 Å². The van der Waals surface area contributed by atoms with Crippen LogP contribution >= 0.6 is 0 Å². The van der Waals surface area contributed by atoms with Crippen molar-refractivity contribution in [2.24, 2.45) is 10.7 Å². The second-order valence-corrected chi connectivity index (χ2v) is 4.04. The molecule has 0 aliphatic heterocycles. The number of amides is 1. The van der Waals surface area contributed by atoms with Crippen LogP contribution in [0.5, 0.6) is 0 Å². The molecule has 0 saturated heterocycles. The Hall–Kier alpha value is -1.59. The molecule has 0 radical (unpaired) electrons. The van der Waals surface area contributed by atoms with E-state index in [0.717, 1.165) is 0 Å². The van der Waals surface area contributed by atoms with Gasteiger partial charge in [0.05, 0.1) is 13.0 Å². The third-order valence-corrected chi connectivity index (χ3v) is 2.38. The van der Waals surface area contributed by atoms with Gasteiger partial charge in [-0.2, -0.15) is 0 Å². The van der Waals surface area contributed by atoms with E-state index in [0.29, 0.717) is 6.21 Å². The van der Waals surface area contributed by atoms with Gasteiger partial charge in [-0.25, -0.2) is 4.79 Å². The van der Waals surface area contributed by atoms with Crippen LogP contribution in [-0.2, 0) is 9.59 Å². The summed E-state index contributed by atoms with van der Waals surface area (Å²) < 4.78 is 0. The Kier molecular flexibility index (Phi) is 7.87. The summed E-state index contributed by atoms with van der Waals surface area (Å²) in [6, 6.07) is -1.53. The lowest BCUT2D eigenvalue weighted by Crippen LogP contribution is -2.46. The highest BCUT2D eigenvalue weighted by Crippen LogP contribution is 2.05. The van der Waals surface area contributed by atoms with Crippen LogP contribution in [0, 0.1) is 0 Å². The lowest BCUT2D eigenvalue weighted by Gasteiger charge is -2.23. The molecule has 20 heavy (non-hydrogen) atoms. The number of hydrogen-bond acceptors (Lipinski definition) is 8. The van der Waals surface area contributed by atoms with E-state index in [1.165, 1.54) is 0 Å². The molecule has 5 unspecified atom stereocenters. The van der Waals surface area contributed by atoms with E-state index < -0.39 is 55.4 Å². The lowest BCUT2D eigenvalue weighted by molar-refractivity contribution is -0.140. The summed E-state index contributed by atoms with van der Waals surface area (Å²) in [5, 5.41) is 54.5. The average molecular weight is 294 g/mol. The van der Waals surface area contributed by atoms with Crippen molar-refractivity contribution in [2.45, 2.75) is 36.9 Å². The van der Waals surface area contributed by atoms with Crippen molar-refractivity contribution in [3.05, 3.63) is 0 Å². The highest BCUT2D eigenvalue weighted by molar-refractivity contribution is 5.84. The molecule has 10 nitrogen and oxygen atoms in total. The molecule has 0 heterocycles. The van der Waals surface area contributed by atoms with Crippen LogP contribution < -0.4 is 5.73 Å². The molecule has 0 rings (SSSR count). The van der Waals surface area contributed by atoms with Crippen molar-refractivity contribution in [2.75, 3.05) is 6.61 Å².